The molecule has 1 heterocycles. The first kappa shape index (κ1) is 18.6. The average molecular weight is 361 g/mol. The summed E-state index contributed by atoms with van der Waals surface area (Å²) in [6.07, 6.45) is 0.330. The lowest BCUT2D eigenvalue weighted by atomic mass is 9.86. The minimum Gasteiger partial charge on any atom is -0.350 e. The zero-order valence-corrected chi connectivity index (χ0v) is 15.5. The van der Waals surface area contributed by atoms with E-state index in [9.17, 15) is 9.59 Å². The summed E-state index contributed by atoms with van der Waals surface area (Å²) in [5.41, 5.74) is 3.74. The van der Waals surface area contributed by atoms with Crippen LogP contribution in [0.15, 0.2) is 65.5 Å². The highest BCUT2D eigenvalue weighted by Gasteiger charge is 2.19. The summed E-state index contributed by atoms with van der Waals surface area (Å²) < 4.78 is 0. The molecule has 0 saturated heterocycles. The first-order valence-corrected chi connectivity index (χ1v) is 8.97. The van der Waals surface area contributed by atoms with Gasteiger partial charge < -0.3 is 10.3 Å². The van der Waals surface area contributed by atoms with Gasteiger partial charge in [-0.15, -0.1) is 0 Å². The number of hydrogen-bond donors (Lipinski definition) is 2. The van der Waals surface area contributed by atoms with Gasteiger partial charge >= 0.3 is 0 Å². The number of aryl methyl sites for hydroxylation is 2. The number of hydrogen-bond acceptors (Lipinski definition) is 3. The summed E-state index contributed by atoms with van der Waals surface area (Å²) in [5.74, 6) is 0.432. The van der Waals surface area contributed by atoms with Gasteiger partial charge in [-0.3, -0.25) is 9.59 Å². The molecule has 0 aliphatic heterocycles. The zero-order valence-electron chi connectivity index (χ0n) is 15.5. The van der Waals surface area contributed by atoms with E-state index in [4.69, 9.17) is 0 Å². The summed E-state index contributed by atoms with van der Waals surface area (Å²) in [6, 6.07) is 19.6. The molecule has 1 aromatic heterocycles. The van der Waals surface area contributed by atoms with Crippen molar-refractivity contribution in [3.8, 4) is 0 Å². The maximum absolute atomic E-state index is 12.6. The molecule has 0 bridgehead atoms. The maximum Gasteiger partial charge on any atom is 0.251 e. The fraction of sp³-hybridized carbons (Fsp3) is 0.227. The molecule has 3 aromatic rings. The van der Waals surface area contributed by atoms with Crippen LogP contribution in [0.3, 0.4) is 0 Å². The number of amides is 1. The van der Waals surface area contributed by atoms with Gasteiger partial charge in [0.25, 0.3) is 5.56 Å². The van der Waals surface area contributed by atoms with Crippen LogP contribution in [0.2, 0.25) is 0 Å². The van der Waals surface area contributed by atoms with E-state index in [1.807, 2.05) is 42.5 Å². The third-order valence-corrected chi connectivity index (χ3v) is 4.54. The Labute approximate surface area is 158 Å². The van der Waals surface area contributed by atoms with Crippen molar-refractivity contribution in [2.45, 2.75) is 32.7 Å². The maximum atomic E-state index is 12.6. The number of nitrogens with one attached hydrogen (secondary N) is 2. The van der Waals surface area contributed by atoms with Gasteiger partial charge in [0.2, 0.25) is 5.91 Å². The number of nitrogens with zero attached hydrogens (tertiary/aromatic N) is 1. The number of aromatic amines is 1. The van der Waals surface area contributed by atoms with Crippen molar-refractivity contribution in [3.05, 3.63) is 99.2 Å². The van der Waals surface area contributed by atoms with Gasteiger partial charge in [0.15, 0.2) is 0 Å². The van der Waals surface area contributed by atoms with Crippen molar-refractivity contribution < 1.29 is 4.79 Å². The third kappa shape index (κ3) is 4.91. The highest BCUT2D eigenvalue weighted by Crippen LogP contribution is 2.30. The molecule has 0 radical (unpaired) electrons. The van der Waals surface area contributed by atoms with Crippen molar-refractivity contribution in [1.82, 2.24) is 15.3 Å². The second-order valence-corrected chi connectivity index (χ2v) is 6.62. The van der Waals surface area contributed by atoms with Gasteiger partial charge in [0.1, 0.15) is 5.82 Å². The molecule has 2 aromatic carbocycles. The SMILES string of the molecule is Cc1nc(CNC(=O)C[C@H](c2ccccc2)c2ccccc2C)cc(=O)[nH]1. The van der Waals surface area contributed by atoms with Crippen molar-refractivity contribution in [1.29, 1.82) is 0 Å². The first-order valence-electron chi connectivity index (χ1n) is 8.97. The van der Waals surface area contributed by atoms with E-state index < -0.39 is 0 Å². The molecule has 0 unspecified atom stereocenters. The molecule has 1 amide bonds. The molecule has 5 nitrogen and oxygen atoms in total. The van der Waals surface area contributed by atoms with Crippen LogP contribution in [0.1, 0.15) is 40.5 Å². The Balaban J connectivity index is 1.77. The Bertz CT molecular complexity index is 980. The lowest BCUT2D eigenvalue weighted by Crippen LogP contribution is -2.26. The molecule has 0 spiro atoms. The second kappa shape index (κ2) is 8.45. The lowest BCUT2D eigenvalue weighted by molar-refractivity contribution is -0.121. The van der Waals surface area contributed by atoms with E-state index in [2.05, 4.69) is 34.3 Å². The minimum atomic E-state index is -0.214. The van der Waals surface area contributed by atoms with Crippen LogP contribution in [0, 0.1) is 13.8 Å². The monoisotopic (exact) mass is 361 g/mol. The summed E-state index contributed by atoms with van der Waals surface area (Å²) in [5, 5.41) is 2.89. The molecule has 0 aliphatic rings. The van der Waals surface area contributed by atoms with Crippen LogP contribution in [0.25, 0.3) is 0 Å². The standard InChI is InChI=1S/C22H23N3O2/c1-15-8-6-7-11-19(15)20(17-9-4-3-5-10-17)13-21(26)23-14-18-12-22(27)25-16(2)24-18/h3-12,20H,13-14H2,1-2H3,(H,23,26)(H,24,25,27)/t20-/m1/s1. The van der Waals surface area contributed by atoms with E-state index in [0.29, 0.717) is 17.9 Å². The van der Waals surface area contributed by atoms with Crippen LogP contribution in [-0.2, 0) is 11.3 Å². The van der Waals surface area contributed by atoms with Gasteiger partial charge in [-0.1, -0.05) is 54.6 Å². The Morgan fingerprint density at radius 2 is 1.78 bits per heavy atom. The van der Waals surface area contributed by atoms with E-state index in [0.717, 1.165) is 16.7 Å². The summed E-state index contributed by atoms with van der Waals surface area (Å²) in [6.45, 7) is 4.02. The van der Waals surface area contributed by atoms with Crippen LogP contribution in [-0.4, -0.2) is 15.9 Å². The third-order valence-electron chi connectivity index (χ3n) is 4.54. The van der Waals surface area contributed by atoms with Gasteiger partial charge in [0, 0.05) is 18.4 Å². The summed E-state index contributed by atoms with van der Waals surface area (Å²) >= 11 is 0. The van der Waals surface area contributed by atoms with Crippen LogP contribution in [0.5, 0.6) is 0 Å². The van der Waals surface area contributed by atoms with Crippen LogP contribution >= 0.6 is 0 Å². The molecule has 0 aliphatic carbocycles. The van der Waals surface area contributed by atoms with Gasteiger partial charge in [-0.2, -0.15) is 0 Å². The van der Waals surface area contributed by atoms with Crippen molar-refractivity contribution in [2.24, 2.45) is 0 Å². The molecule has 27 heavy (non-hydrogen) atoms. The Hall–Kier alpha value is -3.21. The zero-order chi connectivity index (χ0) is 19.2. The van der Waals surface area contributed by atoms with Crippen LogP contribution < -0.4 is 10.9 Å². The quantitative estimate of drug-likeness (QED) is 0.708. The van der Waals surface area contributed by atoms with E-state index in [-0.39, 0.29) is 23.9 Å². The van der Waals surface area contributed by atoms with Crippen LogP contribution in [0.4, 0.5) is 0 Å². The van der Waals surface area contributed by atoms with Gasteiger partial charge in [-0.25, -0.2) is 4.98 Å². The molecule has 0 saturated carbocycles. The topological polar surface area (TPSA) is 74.8 Å². The predicted octanol–water partition coefficient (Wildman–Crippen LogP) is 3.23. The highest BCUT2D eigenvalue weighted by molar-refractivity contribution is 5.77. The largest absolute Gasteiger partial charge is 0.350 e. The minimum absolute atomic E-state index is 0.0266. The van der Waals surface area contributed by atoms with E-state index in [1.165, 1.54) is 6.07 Å². The Morgan fingerprint density at radius 3 is 2.48 bits per heavy atom. The summed E-state index contributed by atoms with van der Waals surface area (Å²) in [4.78, 5) is 31.0. The molecule has 138 valence electrons. The first-order chi connectivity index (χ1) is 13.0. The number of rotatable bonds is 6. The molecule has 2 N–H and O–H groups in total. The average Bonchev–Trinajstić information content (AvgIpc) is 2.65. The second-order valence-electron chi connectivity index (χ2n) is 6.62. The molecule has 3 rings (SSSR count). The van der Waals surface area contributed by atoms with Crippen molar-refractivity contribution in [3.63, 3.8) is 0 Å². The van der Waals surface area contributed by atoms with E-state index in [1.54, 1.807) is 6.92 Å². The lowest BCUT2D eigenvalue weighted by Gasteiger charge is -2.20. The number of aromatic nitrogens is 2. The van der Waals surface area contributed by atoms with E-state index >= 15 is 0 Å². The fourth-order valence-corrected chi connectivity index (χ4v) is 3.25. The van der Waals surface area contributed by atoms with Crippen molar-refractivity contribution in [2.75, 3.05) is 0 Å². The normalized spacial score (nSPS) is 11.8. The number of carbonyl (C=O) groups excluding carboxylic acids is 1. The Morgan fingerprint density at radius 1 is 1.07 bits per heavy atom. The smallest absolute Gasteiger partial charge is 0.251 e. The number of H-pyrrole nitrogens is 1. The molecule has 1 atom stereocenters. The number of benzene rings is 2. The number of carbonyl (C=O) groups is 1. The van der Waals surface area contributed by atoms with Gasteiger partial charge in [-0.05, 0) is 30.5 Å². The fourth-order valence-electron chi connectivity index (χ4n) is 3.25. The predicted molar refractivity (Wildman–Crippen MR) is 106 cm³/mol. The molecule has 0 fully saturated rings. The molecular formula is C22H23N3O2. The molecule has 5 heteroatoms. The van der Waals surface area contributed by atoms with Gasteiger partial charge in [0.05, 0.1) is 12.2 Å². The highest BCUT2D eigenvalue weighted by atomic mass is 16.1. The summed E-state index contributed by atoms with van der Waals surface area (Å²) in [7, 11) is 0. The molecular weight excluding hydrogens is 338 g/mol. The Kier molecular flexibility index (Phi) is 5.81. The van der Waals surface area contributed by atoms with Crippen molar-refractivity contribution >= 4 is 5.91 Å².